The second-order valence-corrected chi connectivity index (χ2v) is 4.96. The molecule has 1 amide bonds. The molecule has 2 N–H and O–H groups in total. The van der Waals surface area contributed by atoms with Gasteiger partial charge in [-0.05, 0) is 24.3 Å². The molecule has 134 valence electrons. The SMILES string of the molecule is COc1cc(/C=N/NC(=O)COc2ccccc2C#N)cc(OC)c1O. The number of ether oxygens (including phenoxy) is 3. The molecule has 2 rings (SSSR count). The topological polar surface area (TPSA) is 113 Å². The van der Waals surface area contributed by atoms with Gasteiger partial charge in [-0.3, -0.25) is 4.79 Å². The van der Waals surface area contributed by atoms with Gasteiger partial charge >= 0.3 is 0 Å². The zero-order chi connectivity index (χ0) is 18.9. The molecule has 0 atom stereocenters. The van der Waals surface area contributed by atoms with Crippen LogP contribution in [0.2, 0.25) is 0 Å². The number of amides is 1. The highest BCUT2D eigenvalue weighted by Crippen LogP contribution is 2.36. The molecule has 0 unspecified atom stereocenters. The van der Waals surface area contributed by atoms with E-state index in [4.69, 9.17) is 19.5 Å². The minimum absolute atomic E-state index is 0.124. The molecule has 0 aliphatic heterocycles. The maximum atomic E-state index is 11.8. The molecule has 0 spiro atoms. The average Bonchev–Trinajstić information content (AvgIpc) is 2.67. The van der Waals surface area contributed by atoms with Gasteiger partial charge in [0.15, 0.2) is 18.1 Å². The molecule has 0 saturated heterocycles. The van der Waals surface area contributed by atoms with Gasteiger partial charge < -0.3 is 19.3 Å². The lowest BCUT2D eigenvalue weighted by Crippen LogP contribution is -2.24. The van der Waals surface area contributed by atoms with Crippen molar-refractivity contribution in [3.05, 3.63) is 47.5 Å². The summed E-state index contributed by atoms with van der Waals surface area (Å²) < 4.78 is 15.4. The lowest BCUT2D eigenvalue weighted by atomic mass is 10.2. The van der Waals surface area contributed by atoms with Crippen molar-refractivity contribution in [1.82, 2.24) is 5.43 Å². The molecular formula is C18H17N3O5. The van der Waals surface area contributed by atoms with Crippen molar-refractivity contribution in [2.24, 2.45) is 5.10 Å². The summed E-state index contributed by atoms with van der Waals surface area (Å²) in [5, 5.41) is 22.6. The zero-order valence-corrected chi connectivity index (χ0v) is 14.2. The maximum Gasteiger partial charge on any atom is 0.277 e. The van der Waals surface area contributed by atoms with Crippen LogP contribution in [0, 0.1) is 11.3 Å². The highest BCUT2D eigenvalue weighted by atomic mass is 16.5. The van der Waals surface area contributed by atoms with Crippen LogP contribution in [0.15, 0.2) is 41.5 Å². The molecule has 0 bridgehead atoms. The Labute approximate surface area is 150 Å². The fourth-order valence-electron chi connectivity index (χ4n) is 2.03. The number of nitrogens with zero attached hydrogens (tertiary/aromatic N) is 2. The molecule has 0 aromatic heterocycles. The van der Waals surface area contributed by atoms with Crippen molar-refractivity contribution in [3.8, 4) is 29.1 Å². The number of nitriles is 1. The Morgan fingerprint density at radius 3 is 2.50 bits per heavy atom. The summed E-state index contributed by atoms with van der Waals surface area (Å²) in [7, 11) is 2.82. The van der Waals surface area contributed by atoms with E-state index in [1.165, 1.54) is 32.6 Å². The largest absolute Gasteiger partial charge is 0.502 e. The van der Waals surface area contributed by atoms with Crippen LogP contribution < -0.4 is 19.6 Å². The third-order valence-corrected chi connectivity index (χ3v) is 3.27. The molecule has 2 aromatic carbocycles. The summed E-state index contributed by atoms with van der Waals surface area (Å²) in [5.74, 6) is 0.136. The Morgan fingerprint density at radius 2 is 1.88 bits per heavy atom. The van der Waals surface area contributed by atoms with E-state index >= 15 is 0 Å². The molecule has 0 aliphatic rings. The van der Waals surface area contributed by atoms with Crippen LogP contribution in [0.1, 0.15) is 11.1 Å². The van der Waals surface area contributed by atoms with Crippen LogP contribution in [-0.2, 0) is 4.79 Å². The number of aromatic hydroxyl groups is 1. The zero-order valence-electron chi connectivity index (χ0n) is 14.2. The van der Waals surface area contributed by atoms with Gasteiger partial charge in [0.25, 0.3) is 5.91 Å². The fourth-order valence-corrected chi connectivity index (χ4v) is 2.03. The van der Waals surface area contributed by atoms with Crippen LogP contribution in [0.25, 0.3) is 0 Å². The Hall–Kier alpha value is -3.73. The summed E-state index contributed by atoms with van der Waals surface area (Å²) in [5.41, 5.74) is 3.20. The van der Waals surface area contributed by atoms with Gasteiger partial charge in [0, 0.05) is 5.56 Å². The Bertz CT molecular complexity index is 833. The van der Waals surface area contributed by atoms with E-state index in [0.29, 0.717) is 16.9 Å². The van der Waals surface area contributed by atoms with E-state index in [9.17, 15) is 9.90 Å². The number of carbonyl (C=O) groups excluding carboxylic acids is 1. The molecule has 0 heterocycles. The van der Waals surface area contributed by atoms with Crippen molar-refractivity contribution < 1.29 is 24.1 Å². The summed E-state index contributed by atoms with van der Waals surface area (Å²) >= 11 is 0. The van der Waals surface area contributed by atoms with Crippen molar-refractivity contribution >= 4 is 12.1 Å². The number of nitrogens with one attached hydrogen (secondary N) is 1. The lowest BCUT2D eigenvalue weighted by molar-refractivity contribution is -0.123. The van der Waals surface area contributed by atoms with E-state index in [0.717, 1.165) is 0 Å². The predicted octanol–water partition coefficient (Wildman–Crippen LogP) is 1.81. The first-order valence-corrected chi connectivity index (χ1v) is 7.47. The van der Waals surface area contributed by atoms with Crippen LogP contribution in [-0.4, -0.2) is 38.1 Å². The Morgan fingerprint density at radius 1 is 1.23 bits per heavy atom. The van der Waals surface area contributed by atoms with Gasteiger partial charge in [0.2, 0.25) is 5.75 Å². The first-order valence-electron chi connectivity index (χ1n) is 7.47. The Balaban J connectivity index is 1.96. The lowest BCUT2D eigenvalue weighted by Gasteiger charge is -2.09. The monoisotopic (exact) mass is 355 g/mol. The predicted molar refractivity (Wildman–Crippen MR) is 93.6 cm³/mol. The molecule has 0 fully saturated rings. The maximum absolute atomic E-state index is 11.8. The second kappa shape index (κ2) is 8.94. The first-order chi connectivity index (χ1) is 12.6. The van der Waals surface area contributed by atoms with Crippen LogP contribution in [0.5, 0.6) is 23.0 Å². The second-order valence-electron chi connectivity index (χ2n) is 4.96. The van der Waals surface area contributed by atoms with Crippen molar-refractivity contribution in [2.45, 2.75) is 0 Å². The first kappa shape index (κ1) is 18.6. The van der Waals surface area contributed by atoms with Crippen LogP contribution >= 0.6 is 0 Å². The molecule has 8 nitrogen and oxygen atoms in total. The highest BCUT2D eigenvalue weighted by Gasteiger charge is 2.10. The van der Waals surface area contributed by atoms with E-state index in [1.54, 1.807) is 24.3 Å². The molecule has 0 saturated carbocycles. The van der Waals surface area contributed by atoms with Gasteiger partial charge in [0.05, 0.1) is 26.0 Å². The number of hydrogen-bond acceptors (Lipinski definition) is 7. The summed E-state index contributed by atoms with van der Waals surface area (Å²) in [6.45, 7) is -0.293. The Kier molecular flexibility index (Phi) is 6.40. The van der Waals surface area contributed by atoms with E-state index in [-0.39, 0.29) is 23.9 Å². The van der Waals surface area contributed by atoms with Gasteiger partial charge in [-0.1, -0.05) is 12.1 Å². The number of phenolic OH excluding ortho intramolecular Hbond substituents is 1. The van der Waals surface area contributed by atoms with Gasteiger partial charge in [-0.2, -0.15) is 10.4 Å². The molecule has 2 aromatic rings. The van der Waals surface area contributed by atoms with Gasteiger partial charge in [0.1, 0.15) is 11.8 Å². The number of rotatable bonds is 7. The highest BCUT2D eigenvalue weighted by molar-refractivity contribution is 5.84. The average molecular weight is 355 g/mol. The molecule has 0 radical (unpaired) electrons. The smallest absolute Gasteiger partial charge is 0.277 e. The number of phenols is 1. The number of carbonyl (C=O) groups is 1. The minimum atomic E-state index is -0.494. The van der Waals surface area contributed by atoms with Gasteiger partial charge in [-0.25, -0.2) is 5.43 Å². The number of hydrazone groups is 1. The van der Waals surface area contributed by atoms with Crippen molar-refractivity contribution in [2.75, 3.05) is 20.8 Å². The summed E-state index contributed by atoms with van der Waals surface area (Å²) in [6, 6.07) is 11.7. The van der Waals surface area contributed by atoms with E-state index < -0.39 is 5.91 Å². The number of hydrogen-bond donors (Lipinski definition) is 2. The minimum Gasteiger partial charge on any atom is -0.502 e. The van der Waals surface area contributed by atoms with Crippen molar-refractivity contribution in [3.63, 3.8) is 0 Å². The molecule has 26 heavy (non-hydrogen) atoms. The van der Waals surface area contributed by atoms with Crippen molar-refractivity contribution in [1.29, 1.82) is 5.26 Å². The molecular weight excluding hydrogens is 338 g/mol. The molecule has 8 heteroatoms. The summed E-state index contributed by atoms with van der Waals surface area (Å²) in [6.07, 6.45) is 1.37. The number of benzene rings is 2. The third-order valence-electron chi connectivity index (χ3n) is 3.27. The van der Waals surface area contributed by atoms with Crippen LogP contribution in [0.4, 0.5) is 0 Å². The quantitative estimate of drug-likeness (QED) is 0.578. The van der Waals surface area contributed by atoms with E-state index in [1.807, 2.05) is 6.07 Å². The van der Waals surface area contributed by atoms with Crippen LogP contribution in [0.3, 0.4) is 0 Å². The molecule has 0 aliphatic carbocycles. The fraction of sp³-hybridized carbons (Fsp3) is 0.167. The normalized spacial score (nSPS) is 10.2. The van der Waals surface area contributed by atoms with E-state index in [2.05, 4.69) is 10.5 Å². The number of methoxy groups -OCH3 is 2. The third kappa shape index (κ3) is 4.64. The summed E-state index contributed by atoms with van der Waals surface area (Å²) in [4.78, 5) is 11.8. The standard InChI is InChI=1S/C18H17N3O5/c1-24-15-7-12(8-16(25-2)18(15)23)10-20-21-17(22)11-26-14-6-4-3-5-13(14)9-19/h3-8,10,23H,11H2,1-2H3,(H,21,22)/b20-10+. The number of para-hydroxylation sites is 1. The van der Waals surface area contributed by atoms with Gasteiger partial charge in [-0.15, -0.1) is 0 Å².